The molecule has 3 aromatic rings. The summed E-state index contributed by atoms with van der Waals surface area (Å²) in [6.07, 6.45) is -4.07. The Morgan fingerprint density at radius 1 is 1.13 bits per heavy atom. The summed E-state index contributed by atoms with van der Waals surface area (Å²) in [6, 6.07) is 8.76. The number of carbonyl (C=O) groups excluding carboxylic acids is 1. The second-order valence-corrected chi connectivity index (χ2v) is 7.92. The maximum absolute atomic E-state index is 12.8. The number of thioether (sulfide) groups is 1. The fraction of sp³-hybridized carbons (Fsp3) is 0.250. The standard InChI is InChI=1S/C20H17ClF3N3O2S/c1-11-3-4-13(7-12(11)2)8-18-26-27-19(29-18)30-10-17(28)25-16-9-14(20(22,23)24)5-6-15(16)21/h3-7,9H,8,10H2,1-2H3,(H,25,28). The Morgan fingerprint density at radius 3 is 2.60 bits per heavy atom. The van der Waals surface area contributed by atoms with E-state index in [0.717, 1.165) is 41.1 Å². The molecule has 158 valence electrons. The van der Waals surface area contributed by atoms with Gasteiger partial charge in [-0.15, -0.1) is 10.2 Å². The van der Waals surface area contributed by atoms with E-state index in [-0.39, 0.29) is 21.7 Å². The number of rotatable bonds is 6. The van der Waals surface area contributed by atoms with Gasteiger partial charge < -0.3 is 9.73 Å². The van der Waals surface area contributed by atoms with Crippen LogP contribution in [0, 0.1) is 13.8 Å². The number of amides is 1. The lowest BCUT2D eigenvalue weighted by molar-refractivity contribution is -0.137. The monoisotopic (exact) mass is 455 g/mol. The molecule has 0 atom stereocenters. The molecule has 0 spiro atoms. The molecule has 30 heavy (non-hydrogen) atoms. The van der Waals surface area contributed by atoms with Gasteiger partial charge >= 0.3 is 6.18 Å². The molecule has 3 rings (SSSR count). The lowest BCUT2D eigenvalue weighted by Crippen LogP contribution is -2.15. The molecule has 0 radical (unpaired) electrons. The van der Waals surface area contributed by atoms with Crippen LogP contribution >= 0.6 is 23.4 Å². The number of nitrogens with one attached hydrogen (secondary N) is 1. The SMILES string of the molecule is Cc1ccc(Cc2nnc(SCC(=O)Nc3cc(C(F)(F)F)ccc3Cl)o2)cc1C. The third-order valence-electron chi connectivity index (χ3n) is 4.27. The number of aryl methyl sites for hydroxylation is 2. The van der Waals surface area contributed by atoms with Gasteiger partial charge in [0.05, 0.1) is 28.4 Å². The first-order valence-electron chi connectivity index (χ1n) is 8.80. The first-order chi connectivity index (χ1) is 14.1. The van der Waals surface area contributed by atoms with Crippen molar-refractivity contribution in [3.63, 3.8) is 0 Å². The van der Waals surface area contributed by atoms with Crippen molar-refractivity contribution in [3.8, 4) is 0 Å². The highest BCUT2D eigenvalue weighted by atomic mass is 35.5. The molecule has 0 fully saturated rings. The zero-order valence-electron chi connectivity index (χ0n) is 16.0. The van der Waals surface area contributed by atoms with E-state index in [1.807, 2.05) is 32.0 Å². The molecule has 1 aromatic heterocycles. The summed E-state index contributed by atoms with van der Waals surface area (Å²) in [5.41, 5.74) is 2.36. The first-order valence-corrected chi connectivity index (χ1v) is 10.2. The highest BCUT2D eigenvalue weighted by molar-refractivity contribution is 7.99. The van der Waals surface area contributed by atoms with Crippen LogP contribution in [0.3, 0.4) is 0 Å². The van der Waals surface area contributed by atoms with Crippen LogP contribution in [0.2, 0.25) is 5.02 Å². The lowest BCUT2D eigenvalue weighted by Gasteiger charge is -2.11. The summed E-state index contributed by atoms with van der Waals surface area (Å²) in [7, 11) is 0. The first kappa shape index (κ1) is 22.2. The van der Waals surface area contributed by atoms with E-state index in [4.69, 9.17) is 16.0 Å². The van der Waals surface area contributed by atoms with E-state index in [0.29, 0.717) is 12.3 Å². The maximum Gasteiger partial charge on any atom is 0.416 e. The highest BCUT2D eigenvalue weighted by Gasteiger charge is 2.31. The van der Waals surface area contributed by atoms with Crippen molar-refractivity contribution in [2.45, 2.75) is 31.7 Å². The van der Waals surface area contributed by atoms with Crippen LogP contribution in [-0.2, 0) is 17.4 Å². The Balaban J connectivity index is 1.57. The third-order valence-corrected chi connectivity index (χ3v) is 5.42. The predicted molar refractivity (Wildman–Crippen MR) is 109 cm³/mol. The van der Waals surface area contributed by atoms with Gasteiger partial charge in [-0.1, -0.05) is 41.6 Å². The minimum atomic E-state index is -4.53. The topological polar surface area (TPSA) is 68.0 Å². The van der Waals surface area contributed by atoms with Gasteiger partial charge in [-0.3, -0.25) is 4.79 Å². The quantitative estimate of drug-likeness (QED) is 0.484. The van der Waals surface area contributed by atoms with Crippen molar-refractivity contribution in [3.05, 3.63) is 69.6 Å². The summed E-state index contributed by atoms with van der Waals surface area (Å²) in [5, 5.41) is 10.4. The van der Waals surface area contributed by atoms with Gasteiger partial charge in [0.25, 0.3) is 5.22 Å². The molecule has 1 amide bonds. The molecular weight excluding hydrogens is 439 g/mol. The van der Waals surface area contributed by atoms with E-state index in [9.17, 15) is 18.0 Å². The van der Waals surface area contributed by atoms with Crippen molar-refractivity contribution in [2.24, 2.45) is 0 Å². The predicted octanol–water partition coefficient (Wildman–Crippen LogP) is 5.68. The van der Waals surface area contributed by atoms with Crippen LogP contribution in [-0.4, -0.2) is 21.9 Å². The van der Waals surface area contributed by atoms with Gasteiger partial charge in [0.15, 0.2) is 0 Å². The summed E-state index contributed by atoms with van der Waals surface area (Å²) < 4.78 is 44.0. The second-order valence-electron chi connectivity index (χ2n) is 6.59. The Kier molecular flexibility index (Phi) is 6.72. The van der Waals surface area contributed by atoms with Gasteiger partial charge in [-0.05, 0) is 48.7 Å². The number of hydrogen-bond acceptors (Lipinski definition) is 5. The Hall–Kier alpha value is -2.52. The zero-order chi connectivity index (χ0) is 21.9. The molecule has 0 saturated heterocycles. The number of benzene rings is 2. The fourth-order valence-electron chi connectivity index (χ4n) is 2.57. The van der Waals surface area contributed by atoms with Crippen molar-refractivity contribution < 1.29 is 22.4 Å². The van der Waals surface area contributed by atoms with Gasteiger partial charge in [0.2, 0.25) is 11.8 Å². The normalized spacial score (nSPS) is 11.5. The molecule has 2 aromatic carbocycles. The Morgan fingerprint density at radius 2 is 1.90 bits per heavy atom. The number of halogens is 4. The highest BCUT2D eigenvalue weighted by Crippen LogP contribution is 2.34. The van der Waals surface area contributed by atoms with E-state index in [2.05, 4.69) is 15.5 Å². The van der Waals surface area contributed by atoms with Crippen LogP contribution in [0.25, 0.3) is 0 Å². The molecule has 1 N–H and O–H groups in total. The van der Waals surface area contributed by atoms with Crippen LogP contribution in [0.1, 0.15) is 28.1 Å². The molecule has 0 aliphatic rings. The molecule has 10 heteroatoms. The van der Waals surface area contributed by atoms with Gasteiger partial charge in [0.1, 0.15) is 0 Å². The number of carbonyl (C=O) groups is 1. The zero-order valence-corrected chi connectivity index (χ0v) is 17.6. The molecule has 0 aliphatic heterocycles. The molecule has 0 saturated carbocycles. The van der Waals surface area contributed by atoms with E-state index in [1.54, 1.807) is 0 Å². The average Bonchev–Trinajstić information content (AvgIpc) is 3.11. The van der Waals surface area contributed by atoms with Crippen LogP contribution in [0.15, 0.2) is 46.0 Å². The largest absolute Gasteiger partial charge is 0.416 e. The number of alkyl halides is 3. The molecular formula is C20H17ClF3N3O2S. The van der Waals surface area contributed by atoms with Gasteiger partial charge in [0, 0.05) is 0 Å². The second kappa shape index (κ2) is 9.09. The van der Waals surface area contributed by atoms with Gasteiger partial charge in [-0.25, -0.2) is 0 Å². The van der Waals surface area contributed by atoms with E-state index >= 15 is 0 Å². The van der Waals surface area contributed by atoms with E-state index < -0.39 is 17.6 Å². The van der Waals surface area contributed by atoms with Crippen LogP contribution in [0.5, 0.6) is 0 Å². The van der Waals surface area contributed by atoms with E-state index in [1.165, 1.54) is 5.56 Å². The molecule has 0 aliphatic carbocycles. The van der Waals surface area contributed by atoms with Crippen LogP contribution < -0.4 is 5.32 Å². The number of nitrogens with zero attached hydrogens (tertiary/aromatic N) is 2. The number of anilines is 1. The minimum absolute atomic E-state index is 0.00909. The Bertz CT molecular complexity index is 1070. The fourth-order valence-corrected chi connectivity index (χ4v) is 3.31. The summed E-state index contributed by atoms with van der Waals surface area (Å²) >= 11 is 6.86. The summed E-state index contributed by atoms with van der Waals surface area (Å²) in [5.74, 6) is -0.269. The summed E-state index contributed by atoms with van der Waals surface area (Å²) in [6.45, 7) is 4.04. The Labute approximate surface area is 180 Å². The number of aromatic nitrogens is 2. The number of hydrogen-bond donors (Lipinski definition) is 1. The van der Waals surface area contributed by atoms with Crippen molar-refractivity contribution in [2.75, 3.05) is 11.1 Å². The lowest BCUT2D eigenvalue weighted by atomic mass is 10.0. The molecule has 5 nitrogen and oxygen atoms in total. The minimum Gasteiger partial charge on any atom is -0.416 e. The molecule has 0 unspecified atom stereocenters. The van der Waals surface area contributed by atoms with Crippen molar-refractivity contribution in [1.29, 1.82) is 0 Å². The molecule has 1 heterocycles. The van der Waals surface area contributed by atoms with Gasteiger partial charge in [-0.2, -0.15) is 13.2 Å². The molecule has 0 bridgehead atoms. The summed E-state index contributed by atoms with van der Waals surface area (Å²) in [4.78, 5) is 12.1. The van der Waals surface area contributed by atoms with Crippen molar-refractivity contribution >= 4 is 35.0 Å². The van der Waals surface area contributed by atoms with Crippen LogP contribution in [0.4, 0.5) is 18.9 Å². The maximum atomic E-state index is 12.8. The average molecular weight is 456 g/mol. The smallest absolute Gasteiger partial charge is 0.416 e. The third kappa shape index (κ3) is 5.76. The van der Waals surface area contributed by atoms with Crippen molar-refractivity contribution in [1.82, 2.24) is 10.2 Å².